The molecule has 1 aliphatic carbocycles. The molecule has 0 bridgehead atoms. The van der Waals surface area contributed by atoms with Gasteiger partial charge in [-0.2, -0.15) is 0 Å². The van der Waals surface area contributed by atoms with Crippen molar-refractivity contribution in [3.8, 4) is 11.3 Å². The molecule has 30 heavy (non-hydrogen) atoms. The van der Waals surface area contributed by atoms with Crippen LogP contribution in [0.25, 0.3) is 11.3 Å². The van der Waals surface area contributed by atoms with Crippen LogP contribution in [0.15, 0.2) is 30.3 Å². The minimum atomic E-state index is -0.335. The number of benzene rings is 1. The quantitative estimate of drug-likeness (QED) is 0.690. The van der Waals surface area contributed by atoms with Gasteiger partial charge in [0, 0.05) is 11.7 Å². The van der Waals surface area contributed by atoms with E-state index in [-0.39, 0.29) is 24.5 Å². The fraction of sp³-hybridized carbons (Fsp3) is 0.520. The SMILES string of the molecule is CCOC(=O)c1c(C)c(-c2ccccc2)n(CC(=O)NC2CCCC(C)C2C)c1C. The number of carbonyl (C=O) groups excluding carboxylic acids is 2. The van der Waals surface area contributed by atoms with Crippen LogP contribution in [0.3, 0.4) is 0 Å². The molecule has 1 amide bonds. The van der Waals surface area contributed by atoms with Crippen molar-refractivity contribution in [1.29, 1.82) is 0 Å². The summed E-state index contributed by atoms with van der Waals surface area (Å²) in [6.45, 7) is 10.6. The monoisotopic (exact) mass is 410 g/mol. The van der Waals surface area contributed by atoms with E-state index in [4.69, 9.17) is 4.74 Å². The number of esters is 1. The molecule has 0 spiro atoms. The van der Waals surface area contributed by atoms with Gasteiger partial charge in [0.15, 0.2) is 0 Å². The molecule has 0 saturated heterocycles. The van der Waals surface area contributed by atoms with Gasteiger partial charge in [0.25, 0.3) is 0 Å². The number of amides is 1. The molecule has 1 fully saturated rings. The number of rotatable bonds is 6. The van der Waals surface area contributed by atoms with Gasteiger partial charge in [0.2, 0.25) is 5.91 Å². The van der Waals surface area contributed by atoms with Crippen LogP contribution in [0.4, 0.5) is 0 Å². The Morgan fingerprint density at radius 1 is 1.13 bits per heavy atom. The van der Waals surface area contributed by atoms with Crippen LogP contribution in [0.5, 0.6) is 0 Å². The van der Waals surface area contributed by atoms with Crippen molar-refractivity contribution in [3.63, 3.8) is 0 Å². The summed E-state index contributed by atoms with van der Waals surface area (Å²) in [5, 5.41) is 3.26. The molecule has 1 aliphatic rings. The van der Waals surface area contributed by atoms with E-state index in [9.17, 15) is 9.59 Å². The maximum absolute atomic E-state index is 13.0. The smallest absolute Gasteiger partial charge is 0.340 e. The molecule has 1 N–H and O–H groups in total. The van der Waals surface area contributed by atoms with Crippen molar-refractivity contribution in [2.45, 2.75) is 66.5 Å². The minimum Gasteiger partial charge on any atom is -0.462 e. The van der Waals surface area contributed by atoms with Crippen LogP contribution in [0, 0.1) is 25.7 Å². The lowest BCUT2D eigenvalue weighted by atomic mass is 9.78. The van der Waals surface area contributed by atoms with Crippen LogP contribution in [-0.4, -0.2) is 29.1 Å². The van der Waals surface area contributed by atoms with E-state index in [1.807, 2.05) is 48.7 Å². The predicted octanol–water partition coefficient (Wildman–Crippen LogP) is 4.89. The maximum Gasteiger partial charge on any atom is 0.340 e. The Hall–Kier alpha value is -2.56. The van der Waals surface area contributed by atoms with Crippen molar-refractivity contribution in [2.24, 2.45) is 11.8 Å². The summed E-state index contributed by atoms with van der Waals surface area (Å²) in [7, 11) is 0. The van der Waals surface area contributed by atoms with Gasteiger partial charge in [-0.05, 0) is 50.2 Å². The van der Waals surface area contributed by atoms with Crippen molar-refractivity contribution in [3.05, 3.63) is 47.2 Å². The molecule has 2 aromatic rings. The van der Waals surface area contributed by atoms with E-state index in [2.05, 4.69) is 19.2 Å². The number of nitrogens with zero attached hydrogens (tertiary/aromatic N) is 1. The van der Waals surface area contributed by atoms with E-state index in [1.54, 1.807) is 6.92 Å². The normalized spacial score (nSPS) is 21.3. The standard InChI is InChI=1S/C25H34N2O3/c1-6-30-25(29)23-18(4)24(20-12-8-7-9-13-20)27(19(23)5)15-22(28)26-21-14-10-11-16(2)17(21)3/h7-9,12-13,16-17,21H,6,10-11,14-15H2,1-5H3,(H,26,28). The molecular formula is C25H34N2O3. The highest BCUT2D eigenvalue weighted by molar-refractivity contribution is 5.95. The Balaban J connectivity index is 1.93. The number of ether oxygens (including phenoxy) is 1. The fourth-order valence-electron chi connectivity index (χ4n) is 4.75. The largest absolute Gasteiger partial charge is 0.462 e. The van der Waals surface area contributed by atoms with Crippen LogP contribution >= 0.6 is 0 Å². The van der Waals surface area contributed by atoms with Gasteiger partial charge in [-0.15, -0.1) is 0 Å². The Labute approximate surface area is 179 Å². The van der Waals surface area contributed by atoms with Crippen LogP contribution in [-0.2, 0) is 16.1 Å². The molecule has 1 saturated carbocycles. The Morgan fingerprint density at radius 3 is 2.50 bits per heavy atom. The first-order valence-electron chi connectivity index (χ1n) is 11.1. The van der Waals surface area contributed by atoms with E-state index in [0.29, 0.717) is 24.0 Å². The fourth-order valence-corrected chi connectivity index (χ4v) is 4.75. The van der Waals surface area contributed by atoms with Crippen molar-refractivity contribution in [1.82, 2.24) is 9.88 Å². The first-order valence-corrected chi connectivity index (χ1v) is 11.1. The summed E-state index contributed by atoms with van der Waals surface area (Å²) >= 11 is 0. The van der Waals surface area contributed by atoms with Crippen LogP contribution in [0.1, 0.15) is 61.6 Å². The van der Waals surface area contributed by atoms with Crippen molar-refractivity contribution < 1.29 is 14.3 Å². The predicted molar refractivity (Wildman–Crippen MR) is 119 cm³/mol. The highest BCUT2D eigenvalue weighted by Crippen LogP contribution is 2.32. The summed E-state index contributed by atoms with van der Waals surface area (Å²) < 4.78 is 7.25. The van der Waals surface area contributed by atoms with E-state index < -0.39 is 0 Å². The third kappa shape index (κ3) is 4.45. The molecule has 3 unspecified atom stereocenters. The average molecular weight is 411 g/mol. The van der Waals surface area contributed by atoms with Gasteiger partial charge in [0.05, 0.1) is 17.9 Å². The molecule has 3 atom stereocenters. The summed E-state index contributed by atoms with van der Waals surface area (Å²) in [6.07, 6.45) is 3.41. The van der Waals surface area contributed by atoms with Gasteiger partial charge >= 0.3 is 5.97 Å². The first kappa shape index (κ1) is 22.1. The summed E-state index contributed by atoms with van der Waals surface area (Å²) in [5.41, 5.74) is 4.07. The molecular weight excluding hydrogens is 376 g/mol. The molecule has 0 radical (unpaired) electrons. The Bertz CT molecular complexity index is 901. The molecule has 1 heterocycles. The van der Waals surface area contributed by atoms with Crippen molar-refractivity contribution >= 4 is 11.9 Å². The van der Waals surface area contributed by atoms with E-state index in [1.165, 1.54) is 6.42 Å². The number of aromatic nitrogens is 1. The second kappa shape index (κ2) is 9.50. The van der Waals surface area contributed by atoms with E-state index >= 15 is 0 Å². The number of hydrogen-bond donors (Lipinski definition) is 1. The average Bonchev–Trinajstić information content (AvgIpc) is 2.96. The highest BCUT2D eigenvalue weighted by atomic mass is 16.5. The second-order valence-corrected chi connectivity index (χ2v) is 8.55. The molecule has 5 nitrogen and oxygen atoms in total. The zero-order chi connectivity index (χ0) is 21.8. The van der Waals surface area contributed by atoms with Gasteiger partial charge in [-0.3, -0.25) is 4.79 Å². The van der Waals surface area contributed by atoms with Gasteiger partial charge in [0.1, 0.15) is 6.54 Å². The highest BCUT2D eigenvalue weighted by Gasteiger charge is 2.29. The van der Waals surface area contributed by atoms with Gasteiger partial charge in [-0.1, -0.05) is 57.0 Å². The maximum atomic E-state index is 13.0. The van der Waals surface area contributed by atoms with Gasteiger partial charge < -0.3 is 14.6 Å². The Morgan fingerprint density at radius 2 is 1.83 bits per heavy atom. The third-order valence-corrected chi connectivity index (χ3v) is 6.65. The lowest BCUT2D eigenvalue weighted by Crippen LogP contribution is -2.44. The molecule has 3 rings (SSSR count). The number of hydrogen-bond acceptors (Lipinski definition) is 3. The molecule has 5 heteroatoms. The summed E-state index contributed by atoms with van der Waals surface area (Å²) in [5.74, 6) is 0.749. The summed E-state index contributed by atoms with van der Waals surface area (Å²) in [4.78, 5) is 25.7. The molecule has 1 aromatic carbocycles. The van der Waals surface area contributed by atoms with Crippen molar-refractivity contribution in [2.75, 3.05) is 6.61 Å². The lowest BCUT2D eigenvalue weighted by molar-refractivity contribution is -0.123. The minimum absolute atomic E-state index is 0.00774. The van der Waals surface area contributed by atoms with Crippen LogP contribution in [0.2, 0.25) is 0 Å². The summed E-state index contributed by atoms with van der Waals surface area (Å²) in [6, 6.07) is 10.1. The second-order valence-electron chi connectivity index (χ2n) is 8.55. The molecule has 1 aromatic heterocycles. The van der Waals surface area contributed by atoms with E-state index in [0.717, 1.165) is 35.4 Å². The number of nitrogens with one attached hydrogen (secondary N) is 1. The third-order valence-electron chi connectivity index (χ3n) is 6.65. The Kier molecular flexibility index (Phi) is 7.01. The zero-order valence-electron chi connectivity index (χ0n) is 18.8. The lowest BCUT2D eigenvalue weighted by Gasteiger charge is -2.34. The molecule has 162 valence electrons. The van der Waals surface area contributed by atoms with Gasteiger partial charge in [-0.25, -0.2) is 4.79 Å². The van der Waals surface area contributed by atoms with Crippen LogP contribution < -0.4 is 5.32 Å². The first-order chi connectivity index (χ1) is 14.3. The topological polar surface area (TPSA) is 60.3 Å². The zero-order valence-corrected chi connectivity index (χ0v) is 18.8. The number of carbonyl (C=O) groups is 2. The molecule has 0 aliphatic heterocycles.